The van der Waals surface area contributed by atoms with Crippen LogP contribution >= 0.6 is 0 Å². The molecular formula is C15H19NO5. The van der Waals surface area contributed by atoms with Crippen LogP contribution in [0.15, 0.2) is 18.2 Å². The van der Waals surface area contributed by atoms with Crippen LogP contribution in [0.3, 0.4) is 0 Å². The van der Waals surface area contributed by atoms with Crippen molar-refractivity contribution in [2.75, 3.05) is 20.2 Å². The van der Waals surface area contributed by atoms with E-state index in [-0.39, 0.29) is 29.6 Å². The number of hydrogen-bond donors (Lipinski definition) is 2. The quantitative estimate of drug-likeness (QED) is 0.882. The van der Waals surface area contributed by atoms with Gasteiger partial charge in [-0.1, -0.05) is 0 Å². The van der Waals surface area contributed by atoms with Gasteiger partial charge in [0, 0.05) is 25.6 Å². The number of carbonyl (C=O) groups is 2. The van der Waals surface area contributed by atoms with Gasteiger partial charge in [-0.2, -0.15) is 0 Å². The van der Waals surface area contributed by atoms with Gasteiger partial charge in [-0.15, -0.1) is 0 Å². The molecule has 2 N–H and O–H groups in total. The first-order valence-electron chi connectivity index (χ1n) is 6.89. The Morgan fingerprint density at radius 3 is 2.52 bits per heavy atom. The van der Waals surface area contributed by atoms with Crippen LogP contribution < -0.4 is 4.74 Å². The van der Waals surface area contributed by atoms with Crippen molar-refractivity contribution in [2.24, 2.45) is 5.92 Å². The zero-order valence-corrected chi connectivity index (χ0v) is 11.9. The van der Waals surface area contributed by atoms with E-state index in [1.54, 1.807) is 17.0 Å². The topological polar surface area (TPSA) is 87.1 Å². The normalized spacial score (nSPS) is 15.8. The molecule has 0 aliphatic carbocycles. The maximum Gasteiger partial charge on any atom is 0.303 e. The molecule has 6 heteroatoms. The number of aromatic hydroxyl groups is 1. The molecule has 1 aromatic carbocycles. The summed E-state index contributed by atoms with van der Waals surface area (Å²) in [6.45, 7) is 1.03. The average Bonchev–Trinajstić information content (AvgIpc) is 2.46. The van der Waals surface area contributed by atoms with E-state index in [0.29, 0.717) is 31.7 Å². The molecule has 1 aromatic rings. The molecule has 0 bridgehead atoms. The summed E-state index contributed by atoms with van der Waals surface area (Å²) < 4.78 is 4.99. The number of methoxy groups -OCH3 is 1. The summed E-state index contributed by atoms with van der Waals surface area (Å²) in [4.78, 5) is 24.7. The fourth-order valence-corrected chi connectivity index (χ4v) is 2.58. The second-order valence-corrected chi connectivity index (χ2v) is 5.22. The van der Waals surface area contributed by atoms with E-state index < -0.39 is 5.97 Å². The molecule has 2 rings (SSSR count). The Labute approximate surface area is 122 Å². The highest BCUT2D eigenvalue weighted by atomic mass is 16.5. The molecule has 0 unspecified atom stereocenters. The predicted molar refractivity (Wildman–Crippen MR) is 75.5 cm³/mol. The molecular weight excluding hydrogens is 274 g/mol. The van der Waals surface area contributed by atoms with Gasteiger partial charge in [0.2, 0.25) is 0 Å². The van der Waals surface area contributed by atoms with Crippen LogP contribution in [0.5, 0.6) is 11.5 Å². The molecule has 0 aromatic heterocycles. The Balaban J connectivity index is 2.00. The lowest BCUT2D eigenvalue weighted by Crippen LogP contribution is -2.38. The number of likely N-dealkylation sites (tertiary alicyclic amines) is 1. The molecule has 6 nitrogen and oxygen atoms in total. The first-order chi connectivity index (χ1) is 10.0. The zero-order valence-electron chi connectivity index (χ0n) is 11.9. The summed E-state index contributed by atoms with van der Waals surface area (Å²) in [6.07, 6.45) is 1.50. The standard InChI is InChI=1S/C15H19NO5/c1-21-11-2-3-12(13(17)9-11)15(20)16-6-4-10(5-7-16)8-14(18)19/h2-3,9-10,17H,4-8H2,1H3,(H,18,19). The SMILES string of the molecule is COc1ccc(C(=O)N2CCC(CC(=O)O)CC2)c(O)c1. The summed E-state index contributed by atoms with van der Waals surface area (Å²) >= 11 is 0. The number of aliphatic carboxylic acids is 1. The van der Waals surface area contributed by atoms with E-state index in [4.69, 9.17) is 9.84 Å². The van der Waals surface area contributed by atoms with E-state index in [1.807, 2.05) is 0 Å². The van der Waals surface area contributed by atoms with Crippen molar-refractivity contribution in [2.45, 2.75) is 19.3 Å². The van der Waals surface area contributed by atoms with Crippen molar-refractivity contribution >= 4 is 11.9 Å². The Morgan fingerprint density at radius 1 is 1.33 bits per heavy atom. The lowest BCUT2D eigenvalue weighted by Gasteiger charge is -2.31. The van der Waals surface area contributed by atoms with E-state index in [0.717, 1.165) is 0 Å². The number of carboxylic acid groups (broad SMARTS) is 1. The summed E-state index contributed by atoms with van der Waals surface area (Å²) in [6, 6.07) is 4.58. The second kappa shape index (κ2) is 6.47. The van der Waals surface area contributed by atoms with Gasteiger partial charge in [0.1, 0.15) is 11.5 Å². The minimum Gasteiger partial charge on any atom is -0.507 e. The highest BCUT2D eigenvalue weighted by Gasteiger charge is 2.26. The van der Waals surface area contributed by atoms with Crippen LogP contribution in [0, 0.1) is 5.92 Å². The predicted octanol–water partition coefficient (Wildman–Crippen LogP) is 1.73. The fraction of sp³-hybridized carbons (Fsp3) is 0.467. The summed E-state index contributed by atoms with van der Waals surface area (Å²) in [5.41, 5.74) is 0.243. The molecule has 1 fully saturated rings. The van der Waals surface area contributed by atoms with E-state index >= 15 is 0 Å². The van der Waals surface area contributed by atoms with Crippen molar-refractivity contribution in [3.8, 4) is 11.5 Å². The van der Waals surface area contributed by atoms with Gasteiger partial charge < -0.3 is 19.8 Å². The molecule has 1 saturated heterocycles. The molecule has 1 amide bonds. The number of amides is 1. The highest BCUT2D eigenvalue weighted by Crippen LogP contribution is 2.27. The van der Waals surface area contributed by atoms with Gasteiger partial charge in [0.05, 0.1) is 12.7 Å². The van der Waals surface area contributed by atoms with Crippen molar-refractivity contribution in [1.29, 1.82) is 0 Å². The van der Waals surface area contributed by atoms with Gasteiger partial charge in [-0.05, 0) is 30.9 Å². The van der Waals surface area contributed by atoms with E-state index in [1.165, 1.54) is 13.2 Å². The number of piperidine rings is 1. The lowest BCUT2D eigenvalue weighted by molar-refractivity contribution is -0.138. The molecule has 0 radical (unpaired) electrons. The second-order valence-electron chi connectivity index (χ2n) is 5.22. The number of phenols is 1. The molecule has 114 valence electrons. The maximum atomic E-state index is 12.4. The number of phenolic OH excluding ortho intramolecular Hbond substituents is 1. The molecule has 0 saturated carbocycles. The van der Waals surface area contributed by atoms with Crippen LogP contribution in [0.4, 0.5) is 0 Å². The monoisotopic (exact) mass is 293 g/mol. The van der Waals surface area contributed by atoms with Gasteiger partial charge in [-0.3, -0.25) is 9.59 Å². The highest BCUT2D eigenvalue weighted by molar-refractivity contribution is 5.97. The van der Waals surface area contributed by atoms with Crippen molar-refractivity contribution in [1.82, 2.24) is 4.90 Å². The smallest absolute Gasteiger partial charge is 0.303 e. The van der Waals surface area contributed by atoms with Crippen molar-refractivity contribution < 1.29 is 24.5 Å². The third-order valence-corrected chi connectivity index (χ3v) is 3.80. The summed E-state index contributed by atoms with van der Waals surface area (Å²) in [5, 5.41) is 18.7. The largest absolute Gasteiger partial charge is 0.507 e. The molecule has 1 heterocycles. The third-order valence-electron chi connectivity index (χ3n) is 3.80. The first kappa shape index (κ1) is 15.2. The molecule has 1 aliphatic heterocycles. The van der Waals surface area contributed by atoms with Crippen LogP contribution in [0.25, 0.3) is 0 Å². The van der Waals surface area contributed by atoms with Gasteiger partial charge in [0.25, 0.3) is 5.91 Å². The van der Waals surface area contributed by atoms with Gasteiger partial charge >= 0.3 is 5.97 Å². The van der Waals surface area contributed by atoms with Crippen molar-refractivity contribution in [3.05, 3.63) is 23.8 Å². The van der Waals surface area contributed by atoms with E-state index in [2.05, 4.69) is 0 Å². The molecule has 0 atom stereocenters. The van der Waals surface area contributed by atoms with Crippen LogP contribution in [-0.2, 0) is 4.79 Å². The Morgan fingerprint density at radius 2 is 2.00 bits per heavy atom. The molecule has 1 aliphatic rings. The first-order valence-corrected chi connectivity index (χ1v) is 6.89. The van der Waals surface area contributed by atoms with Gasteiger partial charge in [0.15, 0.2) is 0 Å². The van der Waals surface area contributed by atoms with Crippen LogP contribution in [0.1, 0.15) is 29.6 Å². The minimum absolute atomic E-state index is 0.105. The number of carbonyl (C=O) groups excluding carboxylic acids is 1. The number of ether oxygens (including phenoxy) is 1. The van der Waals surface area contributed by atoms with Crippen molar-refractivity contribution in [3.63, 3.8) is 0 Å². The molecule has 21 heavy (non-hydrogen) atoms. The Hall–Kier alpha value is -2.24. The number of benzene rings is 1. The Kier molecular flexibility index (Phi) is 4.67. The number of rotatable bonds is 4. The lowest BCUT2D eigenvalue weighted by atomic mass is 9.93. The average molecular weight is 293 g/mol. The fourth-order valence-electron chi connectivity index (χ4n) is 2.58. The molecule has 0 spiro atoms. The third kappa shape index (κ3) is 3.65. The number of carboxylic acids is 1. The van der Waals surface area contributed by atoms with Crippen LogP contribution in [-0.4, -0.2) is 47.2 Å². The van der Waals surface area contributed by atoms with Crippen LogP contribution in [0.2, 0.25) is 0 Å². The maximum absolute atomic E-state index is 12.4. The Bertz CT molecular complexity index is 535. The zero-order chi connectivity index (χ0) is 15.4. The minimum atomic E-state index is -0.799. The number of nitrogens with zero attached hydrogens (tertiary/aromatic N) is 1. The summed E-state index contributed by atoms with van der Waals surface area (Å²) in [7, 11) is 1.49. The van der Waals surface area contributed by atoms with E-state index in [9.17, 15) is 14.7 Å². The summed E-state index contributed by atoms with van der Waals surface area (Å²) in [5.74, 6) is -0.524. The van der Waals surface area contributed by atoms with Gasteiger partial charge in [-0.25, -0.2) is 0 Å². The number of hydrogen-bond acceptors (Lipinski definition) is 4.